The molecule has 0 aromatic carbocycles. The van der Waals surface area contributed by atoms with Crippen LogP contribution in [0.25, 0.3) is 0 Å². The molecular weight excluding hydrogens is 188 g/mol. The number of likely N-dealkylation sites (N-methyl/N-ethyl adjacent to an activating group) is 1. The molecule has 1 rings (SSSR count). The first-order valence-electron chi connectivity index (χ1n) is 3.87. The van der Waals surface area contributed by atoms with E-state index in [-0.39, 0.29) is 12.5 Å². The van der Waals surface area contributed by atoms with Crippen LogP contribution in [0.5, 0.6) is 0 Å². The third kappa shape index (κ3) is 2.28. The molecule has 76 valence electrons. The van der Waals surface area contributed by atoms with Crippen molar-refractivity contribution in [2.45, 2.75) is 6.54 Å². The highest BCUT2D eigenvalue weighted by atomic mass is 16.2. The quantitative estimate of drug-likeness (QED) is 0.596. The van der Waals surface area contributed by atoms with Gasteiger partial charge in [-0.3, -0.25) is 14.6 Å². The molecule has 0 saturated carbocycles. The van der Waals surface area contributed by atoms with Crippen LogP contribution in [-0.2, 0) is 11.3 Å². The van der Waals surface area contributed by atoms with E-state index >= 15 is 0 Å². The molecule has 1 aromatic heterocycles. The van der Waals surface area contributed by atoms with Crippen LogP contribution in [-0.4, -0.2) is 39.7 Å². The molecule has 0 radical (unpaired) electrons. The average Bonchev–Trinajstić information content (AvgIpc) is 2.09. The largest absolute Gasteiger partial charge is 0.347 e. The molecule has 1 amide bonds. The normalized spacial score (nSPS) is 9.86. The van der Waals surface area contributed by atoms with E-state index in [1.807, 2.05) is 4.98 Å². The SMILES string of the molecule is CN(C)C(=O)Cn1ncc(=O)[nH]c1=O. The summed E-state index contributed by atoms with van der Waals surface area (Å²) in [5.74, 6) is -0.272. The molecule has 0 saturated heterocycles. The van der Waals surface area contributed by atoms with Crippen molar-refractivity contribution in [2.24, 2.45) is 0 Å². The molecule has 0 aliphatic carbocycles. The van der Waals surface area contributed by atoms with Gasteiger partial charge in [-0.1, -0.05) is 0 Å². The van der Waals surface area contributed by atoms with E-state index in [1.54, 1.807) is 14.1 Å². The highest BCUT2D eigenvalue weighted by molar-refractivity contribution is 5.75. The lowest BCUT2D eigenvalue weighted by atomic mass is 10.5. The van der Waals surface area contributed by atoms with Gasteiger partial charge in [-0.15, -0.1) is 0 Å². The molecule has 14 heavy (non-hydrogen) atoms. The summed E-state index contributed by atoms with van der Waals surface area (Å²) < 4.78 is 0.893. The smallest absolute Gasteiger partial charge is 0.345 e. The fraction of sp³-hybridized carbons (Fsp3) is 0.429. The molecule has 1 N–H and O–H groups in total. The lowest BCUT2D eigenvalue weighted by molar-refractivity contribution is -0.129. The van der Waals surface area contributed by atoms with Crippen molar-refractivity contribution in [2.75, 3.05) is 14.1 Å². The lowest BCUT2D eigenvalue weighted by Gasteiger charge is -2.09. The lowest BCUT2D eigenvalue weighted by Crippen LogP contribution is -2.36. The summed E-state index contributed by atoms with van der Waals surface area (Å²) >= 11 is 0. The van der Waals surface area contributed by atoms with Gasteiger partial charge >= 0.3 is 5.69 Å². The molecule has 7 nitrogen and oxygen atoms in total. The summed E-state index contributed by atoms with van der Waals surface area (Å²) in [4.78, 5) is 36.2. The van der Waals surface area contributed by atoms with Crippen LogP contribution >= 0.6 is 0 Å². The number of amides is 1. The third-order valence-electron chi connectivity index (χ3n) is 1.56. The van der Waals surface area contributed by atoms with E-state index in [4.69, 9.17) is 0 Å². The second kappa shape index (κ2) is 3.86. The first kappa shape index (κ1) is 10.2. The number of carbonyl (C=O) groups is 1. The number of aromatic nitrogens is 3. The summed E-state index contributed by atoms with van der Waals surface area (Å²) in [5, 5.41) is 3.51. The molecule has 0 atom stereocenters. The Morgan fingerprint density at radius 1 is 1.57 bits per heavy atom. The Hall–Kier alpha value is -1.92. The zero-order chi connectivity index (χ0) is 10.7. The zero-order valence-corrected chi connectivity index (χ0v) is 7.85. The minimum Gasteiger partial charge on any atom is -0.347 e. The maximum Gasteiger partial charge on any atom is 0.345 e. The minimum atomic E-state index is -0.687. The molecular formula is C7H10N4O3. The van der Waals surface area contributed by atoms with Crippen LogP contribution in [0.1, 0.15) is 0 Å². The van der Waals surface area contributed by atoms with Crippen LogP contribution in [0, 0.1) is 0 Å². The van der Waals surface area contributed by atoms with Gasteiger partial charge in [0.05, 0.1) is 0 Å². The molecule has 1 aromatic rings. The van der Waals surface area contributed by atoms with E-state index in [1.165, 1.54) is 4.90 Å². The van der Waals surface area contributed by atoms with Gasteiger partial charge in [0.25, 0.3) is 5.56 Å². The van der Waals surface area contributed by atoms with Gasteiger partial charge in [0.15, 0.2) is 0 Å². The van der Waals surface area contributed by atoms with E-state index in [0.29, 0.717) is 0 Å². The maximum atomic E-state index is 11.2. The van der Waals surface area contributed by atoms with Crippen LogP contribution in [0.3, 0.4) is 0 Å². The second-order valence-corrected chi connectivity index (χ2v) is 2.88. The Morgan fingerprint density at radius 2 is 2.21 bits per heavy atom. The Morgan fingerprint density at radius 3 is 2.71 bits per heavy atom. The summed E-state index contributed by atoms with van der Waals surface area (Å²) in [6.45, 7) is -0.178. The number of rotatable bonds is 2. The monoisotopic (exact) mass is 198 g/mol. The molecule has 0 aliphatic rings. The van der Waals surface area contributed by atoms with Gasteiger partial charge in [0.2, 0.25) is 5.91 Å². The number of nitrogens with zero attached hydrogens (tertiary/aromatic N) is 3. The highest BCUT2D eigenvalue weighted by Gasteiger charge is 2.07. The fourth-order valence-corrected chi connectivity index (χ4v) is 0.759. The standard InChI is InChI=1S/C7H10N4O3/c1-10(2)6(13)4-11-7(14)9-5(12)3-8-11/h3H,4H2,1-2H3,(H,9,12,14). The molecule has 0 unspecified atom stereocenters. The van der Waals surface area contributed by atoms with Gasteiger partial charge in [0.1, 0.15) is 12.7 Å². The van der Waals surface area contributed by atoms with Crippen molar-refractivity contribution in [1.82, 2.24) is 19.7 Å². The van der Waals surface area contributed by atoms with Crippen molar-refractivity contribution in [3.8, 4) is 0 Å². The highest BCUT2D eigenvalue weighted by Crippen LogP contribution is 1.80. The molecule has 1 heterocycles. The van der Waals surface area contributed by atoms with Crippen molar-refractivity contribution < 1.29 is 4.79 Å². The van der Waals surface area contributed by atoms with Crippen LogP contribution < -0.4 is 11.2 Å². The predicted molar refractivity (Wildman–Crippen MR) is 47.8 cm³/mol. The van der Waals surface area contributed by atoms with Gasteiger partial charge in [-0.25, -0.2) is 9.48 Å². The van der Waals surface area contributed by atoms with Crippen molar-refractivity contribution >= 4 is 5.91 Å². The summed E-state index contributed by atoms with van der Waals surface area (Å²) in [6, 6.07) is 0. The predicted octanol–water partition coefficient (Wildman–Crippen LogP) is -1.98. The number of nitrogens with one attached hydrogen (secondary N) is 1. The molecule has 0 bridgehead atoms. The maximum absolute atomic E-state index is 11.2. The number of H-pyrrole nitrogens is 1. The topological polar surface area (TPSA) is 88.1 Å². The third-order valence-corrected chi connectivity index (χ3v) is 1.56. The summed E-state index contributed by atoms with van der Waals surface area (Å²) in [7, 11) is 3.14. The van der Waals surface area contributed by atoms with Gasteiger partial charge in [-0.05, 0) is 0 Å². The van der Waals surface area contributed by atoms with E-state index in [0.717, 1.165) is 10.9 Å². The summed E-state index contributed by atoms with van der Waals surface area (Å²) in [6.07, 6.45) is 0.949. The van der Waals surface area contributed by atoms with Gasteiger partial charge in [-0.2, -0.15) is 5.10 Å². The number of hydrogen-bond donors (Lipinski definition) is 1. The summed E-state index contributed by atoms with van der Waals surface area (Å²) in [5.41, 5.74) is -1.27. The van der Waals surface area contributed by atoms with E-state index < -0.39 is 11.2 Å². The van der Waals surface area contributed by atoms with Crippen LogP contribution in [0.15, 0.2) is 15.8 Å². The van der Waals surface area contributed by atoms with Gasteiger partial charge in [0, 0.05) is 14.1 Å². The molecule has 0 fully saturated rings. The Labute approximate surface area is 79.0 Å². The first-order chi connectivity index (χ1) is 6.50. The van der Waals surface area contributed by atoms with Crippen LogP contribution in [0.2, 0.25) is 0 Å². The minimum absolute atomic E-state index is 0.178. The van der Waals surface area contributed by atoms with Gasteiger partial charge < -0.3 is 4.90 Å². The first-order valence-corrected chi connectivity index (χ1v) is 3.87. The Bertz CT molecular complexity index is 445. The average molecular weight is 198 g/mol. The van der Waals surface area contributed by atoms with E-state index in [2.05, 4.69) is 5.10 Å². The second-order valence-electron chi connectivity index (χ2n) is 2.88. The Kier molecular flexibility index (Phi) is 2.80. The number of carbonyl (C=O) groups excluding carboxylic acids is 1. The zero-order valence-electron chi connectivity index (χ0n) is 7.85. The Balaban J connectivity index is 2.94. The van der Waals surface area contributed by atoms with Crippen LogP contribution in [0.4, 0.5) is 0 Å². The molecule has 0 spiro atoms. The van der Waals surface area contributed by atoms with Crippen molar-refractivity contribution in [3.63, 3.8) is 0 Å². The number of hydrogen-bond acceptors (Lipinski definition) is 4. The molecule has 7 heteroatoms. The fourth-order valence-electron chi connectivity index (χ4n) is 0.759. The van der Waals surface area contributed by atoms with E-state index in [9.17, 15) is 14.4 Å². The van der Waals surface area contributed by atoms with Crippen molar-refractivity contribution in [1.29, 1.82) is 0 Å². The molecule has 0 aliphatic heterocycles. The van der Waals surface area contributed by atoms with Crippen molar-refractivity contribution in [3.05, 3.63) is 27.0 Å². The number of aromatic amines is 1.